The molecule has 0 spiro atoms. The highest BCUT2D eigenvalue weighted by Crippen LogP contribution is 2.20. The summed E-state index contributed by atoms with van der Waals surface area (Å²) in [6, 6.07) is 14.3. The Kier molecular flexibility index (Phi) is 4.97. The molecule has 138 valence electrons. The van der Waals surface area contributed by atoms with Gasteiger partial charge in [0.1, 0.15) is 5.01 Å². The van der Waals surface area contributed by atoms with Crippen molar-refractivity contribution >= 4 is 22.3 Å². The first-order valence-electron chi connectivity index (χ1n) is 8.83. The van der Waals surface area contributed by atoms with Crippen LogP contribution in [0.4, 0.5) is 10.9 Å². The van der Waals surface area contributed by atoms with Gasteiger partial charge in [-0.25, -0.2) is 0 Å². The summed E-state index contributed by atoms with van der Waals surface area (Å²) in [6.07, 6.45) is 2.77. The second kappa shape index (κ2) is 7.71. The molecule has 0 atom stereocenters. The second-order valence-corrected chi connectivity index (χ2v) is 7.47. The van der Waals surface area contributed by atoms with E-state index in [4.69, 9.17) is 0 Å². The van der Waals surface area contributed by atoms with Crippen LogP contribution >= 0.6 is 11.3 Å². The third-order valence-corrected chi connectivity index (χ3v) is 5.07. The number of hydrogen-bond acceptors (Lipinski definition) is 6. The lowest BCUT2D eigenvalue weighted by atomic mass is 10.2. The van der Waals surface area contributed by atoms with E-state index in [1.54, 1.807) is 11.3 Å². The van der Waals surface area contributed by atoms with E-state index in [9.17, 15) is 0 Å². The highest BCUT2D eigenvalue weighted by atomic mass is 32.1. The zero-order chi connectivity index (χ0) is 18.6. The first kappa shape index (κ1) is 17.4. The Morgan fingerprint density at radius 1 is 1.04 bits per heavy atom. The maximum Gasteiger partial charge on any atom is 0.211 e. The van der Waals surface area contributed by atoms with E-state index in [1.807, 2.05) is 46.7 Å². The molecule has 0 fully saturated rings. The van der Waals surface area contributed by atoms with Gasteiger partial charge >= 0.3 is 0 Å². The van der Waals surface area contributed by atoms with E-state index in [0.717, 1.165) is 41.2 Å². The molecule has 0 radical (unpaired) electrons. The number of rotatable bonds is 7. The molecule has 3 aromatic heterocycles. The Balaban J connectivity index is 1.34. The average molecular weight is 379 g/mol. The predicted octanol–water partition coefficient (Wildman–Crippen LogP) is 3.58. The molecular formula is C19H21N7S. The van der Waals surface area contributed by atoms with Crippen LogP contribution in [-0.4, -0.2) is 29.8 Å². The van der Waals surface area contributed by atoms with E-state index in [1.165, 1.54) is 11.3 Å². The fourth-order valence-corrected chi connectivity index (χ4v) is 3.64. The first-order valence-corrected chi connectivity index (χ1v) is 9.65. The molecule has 0 aliphatic heterocycles. The van der Waals surface area contributed by atoms with E-state index in [0.29, 0.717) is 0 Å². The molecule has 4 rings (SSSR count). The fraction of sp³-hybridized carbons (Fsp3) is 0.263. The van der Waals surface area contributed by atoms with Gasteiger partial charge in [0.25, 0.3) is 0 Å². The molecule has 1 N–H and O–H groups in total. The molecule has 1 aromatic carbocycles. The topological polar surface area (TPSA) is 73.5 Å². The molecule has 0 saturated carbocycles. The molecule has 3 heterocycles. The highest BCUT2D eigenvalue weighted by Gasteiger charge is 2.08. The van der Waals surface area contributed by atoms with Crippen molar-refractivity contribution in [1.29, 1.82) is 0 Å². The van der Waals surface area contributed by atoms with Crippen LogP contribution in [-0.2, 0) is 19.5 Å². The summed E-state index contributed by atoms with van der Waals surface area (Å²) in [6.45, 7) is 5.62. The number of nitrogens with zero attached hydrogens (tertiary/aromatic N) is 6. The van der Waals surface area contributed by atoms with Crippen molar-refractivity contribution in [2.75, 3.05) is 5.32 Å². The lowest BCUT2D eigenvalue weighted by Crippen LogP contribution is -2.05. The Bertz CT molecular complexity index is 1020. The van der Waals surface area contributed by atoms with Crippen LogP contribution in [0.15, 0.2) is 48.7 Å². The van der Waals surface area contributed by atoms with Crippen LogP contribution in [0.25, 0.3) is 0 Å². The van der Waals surface area contributed by atoms with Crippen molar-refractivity contribution in [2.24, 2.45) is 0 Å². The van der Waals surface area contributed by atoms with E-state index < -0.39 is 0 Å². The summed E-state index contributed by atoms with van der Waals surface area (Å²) in [4.78, 5) is 0. The predicted molar refractivity (Wildman–Crippen MR) is 106 cm³/mol. The van der Waals surface area contributed by atoms with Crippen molar-refractivity contribution in [3.8, 4) is 0 Å². The van der Waals surface area contributed by atoms with Gasteiger partial charge in [0.2, 0.25) is 5.13 Å². The molecule has 7 nitrogen and oxygen atoms in total. The van der Waals surface area contributed by atoms with Gasteiger partial charge in [-0.2, -0.15) is 10.2 Å². The van der Waals surface area contributed by atoms with Crippen molar-refractivity contribution in [3.63, 3.8) is 0 Å². The van der Waals surface area contributed by atoms with Gasteiger partial charge in [-0.1, -0.05) is 41.7 Å². The first-order chi connectivity index (χ1) is 13.2. The number of aromatic nitrogens is 6. The van der Waals surface area contributed by atoms with E-state index in [2.05, 4.69) is 50.8 Å². The van der Waals surface area contributed by atoms with Crippen molar-refractivity contribution in [2.45, 2.75) is 33.4 Å². The van der Waals surface area contributed by atoms with Crippen LogP contribution in [0, 0.1) is 13.8 Å². The summed E-state index contributed by atoms with van der Waals surface area (Å²) in [5.41, 5.74) is 3.42. The quantitative estimate of drug-likeness (QED) is 0.531. The highest BCUT2D eigenvalue weighted by molar-refractivity contribution is 7.15. The van der Waals surface area contributed by atoms with Crippen LogP contribution in [0.2, 0.25) is 0 Å². The summed E-state index contributed by atoms with van der Waals surface area (Å²) in [5, 5.41) is 22.5. The monoisotopic (exact) mass is 379 g/mol. The molecule has 0 bridgehead atoms. The summed E-state index contributed by atoms with van der Waals surface area (Å²) < 4.78 is 3.91. The Morgan fingerprint density at radius 3 is 2.67 bits per heavy atom. The van der Waals surface area contributed by atoms with Crippen molar-refractivity contribution in [1.82, 2.24) is 29.8 Å². The average Bonchev–Trinajstić information content (AvgIpc) is 3.36. The standard InChI is InChI=1S/C19H21N7S/c1-14-12-15(2)26(23-14)11-9-18-21-22-19(27-18)20-17-8-10-25(24-17)13-16-6-4-3-5-7-16/h3-8,10,12H,9,11,13H2,1-2H3,(H,20,22,24). The van der Waals surface area contributed by atoms with Crippen LogP contribution < -0.4 is 5.32 Å². The Morgan fingerprint density at radius 2 is 1.89 bits per heavy atom. The minimum Gasteiger partial charge on any atom is -0.313 e. The lowest BCUT2D eigenvalue weighted by Gasteiger charge is -2.01. The second-order valence-electron chi connectivity index (χ2n) is 6.41. The lowest BCUT2D eigenvalue weighted by molar-refractivity contribution is 0.591. The maximum atomic E-state index is 4.55. The van der Waals surface area contributed by atoms with Gasteiger partial charge in [0.15, 0.2) is 5.82 Å². The zero-order valence-corrected chi connectivity index (χ0v) is 16.1. The SMILES string of the molecule is Cc1cc(C)n(CCc2nnc(Nc3ccn(Cc4ccccc4)n3)s2)n1. The molecular weight excluding hydrogens is 358 g/mol. The summed E-state index contributed by atoms with van der Waals surface area (Å²) in [5.74, 6) is 0.771. The van der Waals surface area contributed by atoms with E-state index in [-0.39, 0.29) is 0 Å². The number of hydrogen-bond donors (Lipinski definition) is 1. The van der Waals surface area contributed by atoms with Crippen LogP contribution in [0.1, 0.15) is 22.0 Å². The largest absolute Gasteiger partial charge is 0.313 e. The molecule has 27 heavy (non-hydrogen) atoms. The molecule has 0 saturated heterocycles. The van der Waals surface area contributed by atoms with Gasteiger partial charge in [-0.15, -0.1) is 10.2 Å². The van der Waals surface area contributed by atoms with Crippen LogP contribution in [0.5, 0.6) is 0 Å². The summed E-state index contributed by atoms with van der Waals surface area (Å²) >= 11 is 1.55. The molecule has 8 heteroatoms. The molecule has 0 aliphatic rings. The van der Waals surface area contributed by atoms with Gasteiger partial charge in [-0.05, 0) is 25.5 Å². The molecule has 4 aromatic rings. The maximum absolute atomic E-state index is 4.55. The Labute approximate surface area is 161 Å². The Hall–Kier alpha value is -3.00. The number of nitrogens with one attached hydrogen (secondary N) is 1. The molecule has 0 amide bonds. The fourth-order valence-electron chi connectivity index (χ4n) is 2.90. The third kappa shape index (κ3) is 4.40. The number of anilines is 2. The van der Waals surface area contributed by atoms with Crippen molar-refractivity contribution in [3.05, 3.63) is 70.6 Å². The number of benzene rings is 1. The normalized spacial score (nSPS) is 11.0. The zero-order valence-electron chi connectivity index (χ0n) is 15.3. The van der Waals surface area contributed by atoms with Crippen LogP contribution in [0.3, 0.4) is 0 Å². The minimum absolute atomic E-state index is 0.743. The van der Waals surface area contributed by atoms with Crippen molar-refractivity contribution < 1.29 is 0 Å². The van der Waals surface area contributed by atoms with E-state index >= 15 is 0 Å². The minimum atomic E-state index is 0.743. The van der Waals surface area contributed by atoms with Gasteiger partial charge in [-0.3, -0.25) is 9.36 Å². The van der Waals surface area contributed by atoms with Gasteiger partial charge in [0.05, 0.1) is 12.2 Å². The number of aryl methyl sites for hydroxylation is 4. The summed E-state index contributed by atoms with van der Waals surface area (Å²) in [7, 11) is 0. The molecule has 0 aliphatic carbocycles. The third-order valence-electron chi connectivity index (χ3n) is 4.17. The van der Waals surface area contributed by atoms with Gasteiger partial charge in [0, 0.05) is 30.9 Å². The molecule has 0 unspecified atom stereocenters. The smallest absolute Gasteiger partial charge is 0.211 e. The van der Waals surface area contributed by atoms with Gasteiger partial charge < -0.3 is 5.32 Å².